The summed E-state index contributed by atoms with van der Waals surface area (Å²) in [6.07, 6.45) is 10.3. The van der Waals surface area contributed by atoms with E-state index < -0.39 is 0 Å². The van der Waals surface area contributed by atoms with Crippen molar-refractivity contribution >= 4 is 24.5 Å². The average Bonchev–Trinajstić information content (AvgIpc) is 2.69. The Labute approximate surface area is 130 Å². The quantitative estimate of drug-likeness (QED) is 0.606. The zero-order valence-corrected chi connectivity index (χ0v) is 13.3. The third-order valence-corrected chi connectivity index (χ3v) is 3.91. The van der Waals surface area contributed by atoms with Crippen molar-refractivity contribution in [3.63, 3.8) is 0 Å². The summed E-state index contributed by atoms with van der Waals surface area (Å²) in [5, 5.41) is 2.07. The van der Waals surface area contributed by atoms with Gasteiger partial charge in [-0.3, -0.25) is 9.59 Å². The number of esters is 1. The SMILES string of the molecule is COC(=O)C1C=CC=c2c(CCCN(C)C=O)c(C)[nH]c2=C1. The predicted molar refractivity (Wildman–Crippen MR) is 85.4 cm³/mol. The van der Waals surface area contributed by atoms with Crippen LogP contribution in [0.2, 0.25) is 0 Å². The Morgan fingerprint density at radius 2 is 2.27 bits per heavy atom. The summed E-state index contributed by atoms with van der Waals surface area (Å²) >= 11 is 0. The van der Waals surface area contributed by atoms with Gasteiger partial charge in [0, 0.05) is 29.9 Å². The van der Waals surface area contributed by atoms with Crippen LogP contribution < -0.4 is 10.6 Å². The second-order valence-corrected chi connectivity index (χ2v) is 5.51. The second-order valence-electron chi connectivity index (χ2n) is 5.51. The van der Waals surface area contributed by atoms with Crippen LogP contribution in [0.4, 0.5) is 0 Å². The lowest BCUT2D eigenvalue weighted by Gasteiger charge is -2.09. The van der Waals surface area contributed by atoms with E-state index in [0.29, 0.717) is 0 Å². The van der Waals surface area contributed by atoms with Gasteiger partial charge in [0.25, 0.3) is 0 Å². The number of hydrogen-bond acceptors (Lipinski definition) is 3. The van der Waals surface area contributed by atoms with Crippen molar-refractivity contribution in [1.82, 2.24) is 9.88 Å². The summed E-state index contributed by atoms with van der Waals surface area (Å²) in [6.45, 7) is 2.76. The van der Waals surface area contributed by atoms with E-state index in [4.69, 9.17) is 4.74 Å². The molecule has 1 aromatic heterocycles. The molecule has 1 amide bonds. The van der Waals surface area contributed by atoms with Crippen LogP contribution in [-0.4, -0.2) is 43.0 Å². The third kappa shape index (κ3) is 3.47. The summed E-state index contributed by atoms with van der Waals surface area (Å²) in [6, 6.07) is 0. The van der Waals surface area contributed by atoms with Gasteiger partial charge >= 0.3 is 5.97 Å². The van der Waals surface area contributed by atoms with Gasteiger partial charge in [-0.05, 0) is 31.4 Å². The topological polar surface area (TPSA) is 62.4 Å². The van der Waals surface area contributed by atoms with Crippen LogP contribution >= 0.6 is 0 Å². The number of rotatable bonds is 6. The number of methoxy groups -OCH3 is 1. The van der Waals surface area contributed by atoms with Gasteiger partial charge in [-0.2, -0.15) is 0 Å². The molecule has 0 aromatic carbocycles. The molecule has 1 heterocycles. The number of aryl methyl sites for hydroxylation is 1. The smallest absolute Gasteiger partial charge is 0.316 e. The van der Waals surface area contributed by atoms with Crippen LogP contribution in [-0.2, 0) is 20.7 Å². The normalized spacial score (nSPS) is 16.0. The van der Waals surface area contributed by atoms with E-state index in [9.17, 15) is 9.59 Å². The maximum atomic E-state index is 11.7. The summed E-state index contributed by atoms with van der Waals surface area (Å²) < 4.78 is 4.81. The highest BCUT2D eigenvalue weighted by Gasteiger charge is 2.15. The number of ether oxygens (including phenoxy) is 1. The van der Waals surface area contributed by atoms with Gasteiger partial charge in [-0.25, -0.2) is 0 Å². The van der Waals surface area contributed by atoms with E-state index in [0.717, 1.165) is 42.1 Å². The Kier molecular flexibility index (Phi) is 5.20. The zero-order valence-electron chi connectivity index (χ0n) is 13.3. The van der Waals surface area contributed by atoms with Crippen molar-refractivity contribution in [2.45, 2.75) is 19.8 Å². The molecule has 22 heavy (non-hydrogen) atoms. The summed E-state index contributed by atoms with van der Waals surface area (Å²) in [7, 11) is 3.18. The number of fused-ring (bicyclic) bond motifs is 1. The van der Waals surface area contributed by atoms with Gasteiger partial charge in [0.1, 0.15) is 0 Å². The van der Waals surface area contributed by atoms with Crippen molar-refractivity contribution < 1.29 is 14.3 Å². The summed E-state index contributed by atoms with van der Waals surface area (Å²) in [5.41, 5.74) is 2.34. The van der Waals surface area contributed by atoms with Crippen LogP contribution in [0.15, 0.2) is 12.2 Å². The minimum absolute atomic E-state index is 0.265. The number of hydrogen-bond donors (Lipinski definition) is 1. The molecule has 1 unspecified atom stereocenters. The Hall–Kier alpha value is -2.30. The van der Waals surface area contributed by atoms with Crippen LogP contribution in [0.3, 0.4) is 0 Å². The molecule has 0 radical (unpaired) electrons. The standard InChI is InChI=1S/C17H22N2O3/c1-12-14(8-5-9-19(2)11-20)15-7-4-6-13(17(21)22-3)10-16(15)18-12/h4,6-7,10-11,13,18H,5,8-9H2,1-3H3. The van der Waals surface area contributed by atoms with Gasteiger partial charge in [-0.15, -0.1) is 0 Å². The number of amides is 1. The molecule has 5 heteroatoms. The Balaban J connectivity index is 2.27. The van der Waals surface area contributed by atoms with Gasteiger partial charge in [0.2, 0.25) is 6.41 Å². The lowest BCUT2D eigenvalue weighted by atomic mass is 10.1. The first-order valence-electron chi connectivity index (χ1n) is 7.38. The van der Waals surface area contributed by atoms with Crippen LogP contribution in [0.5, 0.6) is 0 Å². The molecule has 0 spiro atoms. The predicted octanol–water partition coefficient (Wildman–Crippen LogP) is 0.264. The number of nitrogens with zero attached hydrogens (tertiary/aromatic N) is 1. The lowest BCUT2D eigenvalue weighted by molar-refractivity contribution is -0.141. The first kappa shape index (κ1) is 16.1. The molecule has 2 rings (SSSR count). The lowest BCUT2D eigenvalue weighted by Crippen LogP contribution is -2.27. The van der Waals surface area contributed by atoms with Crippen LogP contribution in [0, 0.1) is 12.8 Å². The average molecular weight is 302 g/mol. The van der Waals surface area contributed by atoms with Crippen molar-refractivity contribution in [1.29, 1.82) is 0 Å². The minimum atomic E-state index is -0.366. The second kappa shape index (κ2) is 7.11. The molecule has 0 aliphatic heterocycles. The highest BCUT2D eigenvalue weighted by Crippen LogP contribution is 2.08. The highest BCUT2D eigenvalue weighted by atomic mass is 16.5. The molecule has 1 aromatic rings. The molecular formula is C17H22N2O3. The molecule has 1 aliphatic carbocycles. The van der Waals surface area contributed by atoms with E-state index in [1.807, 2.05) is 31.2 Å². The fourth-order valence-electron chi connectivity index (χ4n) is 2.70. The van der Waals surface area contributed by atoms with Gasteiger partial charge < -0.3 is 14.6 Å². The van der Waals surface area contributed by atoms with Gasteiger partial charge in [0.05, 0.1) is 13.0 Å². The summed E-state index contributed by atoms with van der Waals surface area (Å²) in [5.74, 6) is -0.631. The van der Waals surface area contributed by atoms with E-state index in [-0.39, 0.29) is 11.9 Å². The monoisotopic (exact) mass is 302 g/mol. The number of nitrogens with one attached hydrogen (secondary N) is 1. The number of aromatic amines is 1. The van der Waals surface area contributed by atoms with Crippen LogP contribution in [0.1, 0.15) is 17.7 Å². The Morgan fingerprint density at radius 3 is 2.95 bits per heavy atom. The van der Waals surface area contributed by atoms with Crippen molar-refractivity contribution in [3.8, 4) is 0 Å². The number of aromatic nitrogens is 1. The molecule has 0 saturated heterocycles. The first-order valence-corrected chi connectivity index (χ1v) is 7.38. The largest absolute Gasteiger partial charge is 0.468 e. The summed E-state index contributed by atoms with van der Waals surface area (Å²) in [4.78, 5) is 27.3. The van der Waals surface area contributed by atoms with Crippen molar-refractivity contribution in [2.24, 2.45) is 5.92 Å². The Morgan fingerprint density at radius 1 is 1.50 bits per heavy atom. The number of carbonyl (C=O) groups excluding carboxylic acids is 2. The molecule has 1 aliphatic rings. The van der Waals surface area contributed by atoms with E-state index in [2.05, 4.69) is 4.98 Å². The fourth-order valence-corrected chi connectivity index (χ4v) is 2.70. The minimum Gasteiger partial charge on any atom is -0.468 e. The van der Waals surface area contributed by atoms with Crippen LogP contribution in [0.25, 0.3) is 12.2 Å². The molecular weight excluding hydrogens is 280 g/mol. The van der Waals surface area contributed by atoms with E-state index >= 15 is 0 Å². The fraction of sp³-hybridized carbons (Fsp3) is 0.412. The molecule has 1 atom stereocenters. The Bertz CT molecular complexity index is 700. The van der Waals surface area contributed by atoms with E-state index in [1.165, 1.54) is 12.7 Å². The van der Waals surface area contributed by atoms with Crippen molar-refractivity contribution in [2.75, 3.05) is 20.7 Å². The maximum Gasteiger partial charge on any atom is 0.316 e. The van der Waals surface area contributed by atoms with Gasteiger partial charge in [-0.1, -0.05) is 18.2 Å². The van der Waals surface area contributed by atoms with Crippen molar-refractivity contribution in [3.05, 3.63) is 34.0 Å². The molecule has 118 valence electrons. The molecule has 5 nitrogen and oxygen atoms in total. The maximum absolute atomic E-state index is 11.7. The highest BCUT2D eigenvalue weighted by molar-refractivity contribution is 5.81. The first-order chi connectivity index (χ1) is 10.6. The molecule has 0 fully saturated rings. The molecule has 1 N–H and O–H groups in total. The number of carbonyl (C=O) groups is 2. The molecule has 0 saturated carbocycles. The number of allylic oxidation sites excluding steroid dienone is 1. The zero-order chi connectivity index (χ0) is 16.1. The number of H-pyrrole nitrogens is 1. The van der Waals surface area contributed by atoms with E-state index in [1.54, 1.807) is 11.9 Å². The molecule has 0 bridgehead atoms. The third-order valence-electron chi connectivity index (χ3n) is 3.91. The van der Waals surface area contributed by atoms with Gasteiger partial charge in [0.15, 0.2) is 0 Å².